The molecule has 0 spiro atoms. The third-order valence-corrected chi connectivity index (χ3v) is 5.03. The number of rotatable bonds is 2. The zero-order valence-corrected chi connectivity index (χ0v) is 15.5. The lowest BCUT2D eigenvalue weighted by molar-refractivity contribution is -0.141. The van der Waals surface area contributed by atoms with Gasteiger partial charge in [-0.3, -0.25) is 0 Å². The molecule has 2 saturated heterocycles. The number of anilines is 1. The molecular weight excluding hydrogens is 363 g/mol. The van der Waals surface area contributed by atoms with Crippen molar-refractivity contribution in [2.24, 2.45) is 0 Å². The molecule has 0 N–H and O–H groups in total. The number of aromatic nitrogens is 2. The lowest BCUT2D eigenvalue weighted by Gasteiger charge is -2.40. The Balaban J connectivity index is 1.62. The molecule has 3 rings (SSSR count). The third kappa shape index (κ3) is 4.60. The standard InChI is InChI=1S/C17H24F3N5O2/c1-12-21-14(17(18,19)20)11-15(22-12)24-5-3-13(4-6-24)23(2)16(26)25-7-9-27-10-8-25/h11,13H,3-10H2,1-2H3. The maximum absolute atomic E-state index is 13.0. The summed E-state index contributed by atoms with van der Waals surface area (Å²) in [6, 6.07) is 1.03. The largest absolute Gasteiger partial charge is 0.433 e. The van der Waals surface area contributed by atoms with E-state index in [9.17, 15) is 18.0 Å². The molecule has 0 radical (unpaired) electrons. The maximum Gasteiger partial charge on any atom is 0.433 e. The van der Waals surface area contributed by atoms with Crippen LogP contribution < -0.4 is 4.90 Å². The van der Waals surface area contributed by atoms with Crippen LogP contribution in [-0.2, 0) is 10.9 Å². The van der Waals surface area contributed by atoms with Crippen LogP contribution in [0.25, 0.3) is 0 Å². The average Bonchev–Trinajstić information content (AvgIpc) is 2.66. The van der Waals surface area contributed by atoms with Crippen LogP contribution in [0.2, 0.25) is 0 Å². The minimum atomic E-state index is -4.49. The molecule has 150 valence electrons. The van der Waals surface area contributed by atoms with Gasteiger partial charge in [0.05, 0.1) is 13.2 Å². The van der Waals surface area contributed by atoms with E-state index in [4.69, 9.17) is 4.74 Å². The van der Waals surface area contributed by atoms with Crippen molar-refractivity contribution in [2.75, 3.05) is 51.3 Å². The van der Waals surface area contributed by atoms with E-state index in [1.807, 2.05) is 4.90 Å². The highest BCUT2D eigenvalue weighted by atomic mass is 19.4. The Morgan fingerprint density at radius 2 is 1.81 bits per heavy atom. The van der Waals surface area contributed by atoms with E-state index in [0.717, 1.165) is 6.07 Å². The number of ether oxygens (including phenoxy) is 1. The molecule has 0 bridgehead atoms. The molecule has 0 saturated carbocycles. The summed E-state index contributed by atoms with van der Waals surface area (Å²) in [5.74, 6) is 0.386. The fourth-order valence-corrected chi connectivity index (χ4v) is 3.48. The lowest BCUT2D eigenvalue weighted by Crippen LogP contribution is -2.52. The lowest BCUT2D eigenvalue weighted by atomic mass is 10.0. The van der Waals surface area contributed by atoms with E-state index in [2.05, 4.69) is 9.97 Å². The highest BCUT2D eigenvalue weighted by Gasteiger charge is 2.35. The van der Waals surface area contributed by atoms with E-state index in [-0.39, 0.29) is 23.7 Å². The Hall–Kier alpha value is -2.10. The number of hydrogen-bond donors (Lipinski definition) is 0. The number of aryl methyl sites for hydroxylation is 1. The molecular formula is C17H24F3N5O2. The highest BCUT2D eigenvalue weighted by Crippen LogP contribution is 2.30. The number of urea groups is 1. The Morgan fingerprint density at radius 1 is 1.19 bits per heavy atom. The van der Waals surface area contributed by atoms with Gasteiger partial charge in [0.2, 0.25) is 0 Å². The number of nitrogens with zero attached hydrogens (tertiary/aromatic N) is 5. The summed E-state index contributed by atoms with van der Waals surface area (Å²) in [6.07, 6.45) is -3.14. The van der Waals surface area contributed by atoms with Crippen LogP contribution in [0.15, 0.2) is 6.07 Å². The van der Waals surface area contributed by atoms with Crippen LogP contribution in [-0.4, -0.2) is 78.3 Å². The molecule has 10 heteroatoms. The van der Waals surface area contributed by atoms with E-state index in [0.29, 0.717) is 52.2 Å². The Bertz CT molecular complexity index is 671. The first kappa shape index (κ1) is 19.7. The van der Waals surface area contributed by atoms with Crippen molar-refractivity contribution in [1.82, 2.24) is 19.8 Å². The molecule has 2 aliphatic heterocycles. The summed E-state index contributed by atoms with van der Waals surface area (Å²) in [4.78, 5) is 25.6. The minimum Gasteiger partial charge on any atom is -0.378 e. The summed E-state index contributed by atoms with van der Waals surface area (Å²) >= 11 is 0. The van der Waals surface area contributed by atoms with Gasteiger partial charge >= 0.3 is 12.2 Å². The Morgan fingerprint density at radius 3 is 2.41 bits per heavy atom. The van der Waals surface area contributed by atoms with Gasteiger partial charge in [-0.2, -0.15) is 13.2 Å². The Kier molecular flexibility index (Phi) is 5.73. The van der Waals surface area contributed by atoms with Crippen LogP contribution >= 0.6 is 0 Å². The van der Waals surface area contributed by atoms with Crippen LogP contribution in [0.1, 0.15) is 24.4 Å². The second-order valence-corrected chi connectivity index (χ2v) is 6.87. The molecule has 0 aliphatic carbocycles. The fourth-order valence-electron chi connectivity index (χ4n) is 3.48. The first-order chi connectivity index (χ1) is 12.8. The van der Waals surface area contributed by atoms with Gasteiger partial charge in [-0.1, -0.05) is 0 Å². The quantitative estimate of drug-likeness (QED) is 0.778. The molecule has 2 aliphatic rings. The van der Waals surface area contributed by atoms with Gasteiger partial charge < -0.3 is 19.4 Å². The molecule has 1 aromatic rings. The van der Waals surface area contributed by atoms with E-state index in [1.165, 1.54) is 6.92 Å². The molecule has 27 heavy (non-hydrogen) atoms. The molecule has 2 amide bonds. The fraction of sp³-hybridized carbons (Fsp3) is 0.706. The second-order valence-electron chi connectivity index (χ2n) is 6.87. The molecule has 7 nitrogen and oxygen atoms in total. The van der Waals surface area contributed by atoms with Crippen LogP contribution in [0.3, 0.4) is 0 Å². The highest BCUT2D eigenvalue weighted by molar-refractivity contribution is 5.74. The summed E-state index contributed by atoms with van der Waals surface area (Å²) in [5.41, 5.74) is -0.924. The van der Waals surface area contributed by atoms with Gasteiger partial charge in [-0.05, 0) is 19.8 Å². The van der Waals surface area contributed by atoms with Crippen LogP contribution in [0.4, 0.5) is 23.8 Å². The first-order valence-corrected chi connectivity index (χ1v) is 9.03. The van der Waals surface area contributed by atoms with Crippen molar-refractivity contribution in [3.8, 4) is 0 Å². The number of carbonyl (C=O) groups is 1. The predicted octanol–water partition coefficient (Wildman–Crippen LogP) is 2.16. The van der Waals surface area contributed by atoms with Gasteiger partial charge in [0, 0.05) is 45.3 Å². The van der Waals surface area contributed by atoms with E-state index >= 15 is 0 Å². The summed E-state index contributed by atoms with van der Waals surface area (Å²) < 4.78 is 44.2. The van der Waals surface area contributed by atoms with E-state index < -0.39 is 11.9 Å². The number of alkyl halides is 3. The van der Waals surface area contributed by atoms with Gasteiger partial charge in [-0.25, -0.2) is 14.8 Å². The molecule has 2 fully saturated rings. The zero-order valence-electron chi connectivity index (χ0n) is 15.5. The van der Waals surface area contributed by atoms with Crippen molar-refractivity contribution in [3.63, 3.8) is 0 Å². The van der Waals surface area contributed by atoms with Crippen molar-refractivity contribution < 1.29 is 22.7 Å². The minimum absolute atomic E-state index is 0.0195. The second kappa shape index (κ2) is 7.87. The van der Waals surface area contributed by atoms with Crippen molar-refractivity contribution in [1.29, 1.82) is 0 Å². The first-order valence-electron chi connectivity index (χ1n) is 9.03. The number of piperidine rings is 1. The predicted molar refractivity (Wildman–Crippen MR) is 92.6 cm³/mol. The van der Waals surface area contributed by atoms with Crippen LogP contribution in [0.5, 0.6) is 0 Å². The topological polar surface area (TPSA) is 61.8 Å². The SMILES string of the molecule is Cc1nc(N2CCC(N(C)C(=O)N3CCOCC3)CC2)cc(C(F)(F)F)n1. The number of hydrogen-bond acceptors (Lipinski definition) is 5. The van der Waals surface area contributed by atoms with Gasteiger partial charge in [0.1, 0.15) is 17.3 Å². The van der Waals surface area contributed by atoms with Gasteiger partial charge in [0.25, 0.3) is 0 Å². The van der Waals surface area contributed by atoms with Crippen molar-refractivity contribution in [2.45, 2.75) is 32.0 Å². The monoisotopic (exact) mass is 387 g/mol. The molecule has 0 unspecified atom stereocenters. The summed E-state index contributed by atoms with van der Waals surface area (Å²) in [6.45, 7) is 4.81. The number of carbonyl (C=O) groups excluding carboxylic acids is 1. The third-order valence-electron chi connectivity index (χ3n) is 5.03. The smallest absolute Gasteiger partial charge is 0.378 e. The number of amides is 2. The average molecular weight is 387 g/mol. The molecule has 1 aromatic heterocycles. The molecule has 0 aromatic carbocycles. The van der Waals surface area contributed by atoms with Crippen LogP contribution in [0, 0.1) is 6.92 Å². The number of halogens is 3. The Labute approximate surface area is 156 Å². The van der Waals surface area contributed by atoms with Gasteiger partial charge in [-0.15, -0.1) is 0 Å². The molecule has 0 atom stereocenters. The van der Waals surface area contributed by atoms with E-state index in [1.54, 1.807) is 16.8 Å². The summed E-state index contributed by atoms with van der Waals surface area (Å²) in [5, 5.41) is 0. The van der Waals surface area contributed by atoms with Crippen molar-refractivity contribution in [3.05, 3.63) is 17.6 Å². The zero-order chi connectivity index (χ0) is 19.6. The van der Waals surface area contributed by atoms with Crippen molar-refractivity contribution >= 4 is 11.8 Å². The molecule has 3 heterocycles. The normalized spacial score (nSPS) is 19.3. The number of morpholine rings is 1. The summed E-state index contributed by atoms with van der Waals surface area (Å²) in [7, 11) is 1.79. The van der Waals surface area contributed by atoms with Gasteiger partial charge in [0.15, 0.2) is 0 Å². The maximum atomic E-state index is 13.0.